The van der Waals surface area contributed by atoms with Crippen molar-refractivity contribution in [2.24, 2.45) is 5.92 Å². The van der Waals surface area contributed by atoms with Crippen molar-refractivity contribution in [1.29, 1.82) is 0 Å². The van der Waals surface area contributed by atoms with E-state index in [1.807, 2.05) is 41.3 Å². The summed E-state index contributed by atoms with van der Waals surface area (Å²) in [6.07, 6.45) is 2.90. The van der Waals surface area contributed by atoms with Crippen LogP contribution in [0.25, 0.3) is 0 Å². The lowest BCUT2D eigenvalue weighted by Crippen LogP contribution is -2.45. The summed E-state index contributed by atoms with van der Waals surface area (Å²) in [5, 5.41) is 0. The van der Waals surface area contributed by atoms with Crippen molar-refractivity contribution in [2.75, 3.05) is 45.9 Å². The summed E-state index contributed by atoms with van der Waals surface area (Å²) in [6.45, 7) is 6.22. The molecule has 2 aliphatic heterocycles. The molecule has 2 aromatic rings. The number of rotatable bonds is 7. The minimum Gasteiger partial charge on any atom is -0.493 e. The predicted molar refractivity (Wildman–Crippen MR) is 129 cm³/mol. The Hall–Kier alpha value is -2.86. The van der Waals surface area contributed by atoms with E-state index in [0.29, 0.717) is 26.1 Å². The molecule has 6 nitrogen and oxygen atoms in total. The van der Waals surface area contributed by atoms with Gasteiger partial charge in [-0.05, 0) is 37.0 Å². The summed E-state index contributed by atoms with van der Waals surface area (Å²) in [4.78, 5) is 32.1. The fourth-order valence-corrected chi connectivity index (χ4v) is 4.76. The highest BCUT2D eigenvalue weighted by molar-refractivity contribution is 5.80. The van der Waals surface area contributed by atoms with Gasteiger partial charge in [-0.2, -0.15) is 0 Å². The maximum atomic E-state index is 13.2. The summed E-state index contributed by atoms with van der Waals surface area (Å²) in [5.74, 6) is 1.21. The summed E-state index contributed by atoms with van der Waals surface area (Å²) in [7, 11) is 0. The molecule has 0 unspecified atom stereocenters. The highest BCUT2D eigenvalue weighted by Crippen LogP contribution is 2.22. The minimum atomic E-state index is 0.0373. The third-order valence-corrected chi connectivity index (χ3v) is 6.67. The van der Waals surface area contributed by atoms with Gasteiger partial charge in [0.25, 0.3) is 0 Å². The maximum Gasteiger partial charge on any atom is 0.225 e. The molecule has 0 bridgehead atoms. The Bertz CT molecular complexity index is 882. The molecule has 2 aromatic carbocycles. The molecule has 0 atom stereocenters. The van der Waals surface area contributed by atoms with Gasteiger partial charge in [0, 0.05) is 51.7 Å². The first-order valence-corrected chi connectivity index (χ1v) is 12.2. The second-order valence-corrected chi connectivity index (χ2v) is 9.01. The number of nitrogens with zero attached hydrogens (tertiary/aromatic N) is 3. The van der Waals surface area contributed by atoms with Crippen LogP contribution in [0.4, 0.5) is 0 Å². The molecule has 2 saturated heterocycles. The van der Waals surface area contributed by atoms with Gasteiger partial charge in [0.1, 0.15) is 5.75 Å². The van der Waals surface area contributed by atoms with Crippen molar-refractivity contribution < 1.29 is 14.3 Å². The van der Waals surface area contributed by atoms with Crippen molar-refractivity contribution in [1.82, 2.24) is 14.7 Å². The Kier molecular flexibility index (Phi) is 8.36. The number of piperidine rings is 1. The molecule has 2 heterocycles. The van der Waals surface area contributed by atoms with Crippen molar-refractivity contribution >= 4 is 11.8 Å². The van der Waals surface area contributed by atoms with Crippen LogP contribution in [0.3, 0.4) is 0 Å². The number of ether oxygens (including phenoxy) is 1. The zero-order chi connectivity index (χ0) is 22.9. The van der Waals surface area contributed by atoms with E-state index < -0.39 is 0 Å². The second kappa shape index (κ2) is 11.8. The Labute approximate surface area is 197 Å². The molecule has 6 heteroatoms. The van der Waals surface area contributed by atoms with Crippen LogP contribution in [0.1, 0.15) is 31.2 Å². The highest BCUT2D eigenvalue weighted by Gasteiger charge is 2.31. The predicted octanol–water partition coefficient (Wildman–Crippen LogP) is 3.43. The van der Waals surface area contributed by atoms with Crippen LogP contribution in [0.5, 0.6) is 5.75 Å². The normalized spacial score (nSPS) is 18.1. The zero-order valence-electron chi connectivity index (χ0n) is 19.4. The standard InChI is InChI=1S/C27H35N3O3/c31-26(14-21-33-25-10-5-2-6-11-25)29-17-12-24(13-18-29)27(32)30-16-7-15-28(19-20-30)22-23-8-3-1-4-9-23/h1-6,8-11,24H,7,12-22H2. The average molecular weight is 450 g/mol. The van der Waals surface area contributed by atoms with E-state index in [2.05, 4.69) is 34.1 Å². The first kappa shape index (κ1) is 23.3. The molecule has 2 fully saturated rings. The van der Waals surface area contributed by atoms with Crippen LogP contribution in [0.15, 0.2) is 60.7 Å². The van der Waals surface area contributed by atoms with Crippen molar-refractivity contribution in [3.8, 4) is 5.75 Å². The molecule has 4 rings (SSSR count). The van der Waals surface area contributed by atoms with Crippen molar-refractivity contribution in [3.63, 3.8) is 0 Å². The topological polar surface area (TPSA) is 53.1 Å². The molecule has 0 N–H and O–H groups in total. The van der Waals surface area contributed by atoms with E-state index in [-0.39, 0.29) is 17.7 Å². The van der Waals surface area contributed by atoms with E-state index >= 15 is 0 Å². The van der Waals surface area contributed by atoms with Gasteiger partial charge in [0.15, 0.2) is 0 Å². The zero-order valence-corrected chi connectivity index (χ0v) is 19.4. The number of amides is 2. The number of likely N-dealkylation sites (tertiary alicyclic amines) is 1. The van der Waals surface area contributed by atoms with Gasteiger partial charge in [0.2, 0.25) is 11.8 Å². The summed E-state index contributed by atoms with van der Waals surface area (Å²) < 4.78 is 5.65. The van der Waals surface area contributed by atoms with E-state index in [1.165, 1.54) is 5.56 Å². The minimum absolute atomic E-state index is 0.0373. The average Bonchev–Trinajstić information content (AvgIpc) is 3.10. The lowest BCUT2D eigenvalue weighted by atomic mass is 9.95. The van der Waals surface area contributed by atoms with Crippen LogP contribution in [0.2, 0.25) is 0 Å². The Balaban J connectivity index is 1.17. The van der Waals surface area contributed by atoms with E-state index in [4.69, 9.17) is 4.74 Å². The summed E-state index contributed by atoms with van der Waals surface area (Å²) in [5.41, 5.74) is 1.32. The first-order chi connectivity index (χ1) is 16.2. The van der Waals surface area contributed by atoms with Gasteiger partial charge in [-0.3, -0.25) is 14.5 Å². The van der Waals surface area contributed by atoms with Gasteiger partial charge in [-0.15, -0.1) is 0 Å². The van der Waals surface area contributed by atoms with Gasteiger partial charge in [-0.1, -0.05) is 48.5 Å². The molecule has 0 aromatic heterocycles. The Morgan fingerprint density at radius 3 is 2.21 bits per heavy atom. The van der Waals surface area contributed by atoms with E-state index in [9.17, 15) is 9.59 Å². The summed E-state index contributed by atoms with van der Waals surface area (Å²) >= 11 is 0. The largest absolute Gasteiger partial charge is 0.493 e. The SMILES string of the molecule is O=C(CCOc1ccccc1)N1CCC(C(=O)N2CCCN(Cc3ccccc3)CC2)CC1. The number of para-hydroxylation sites is 1. The smallest absolute Gasteiger partial charge is 0.225 e. The highest BCUT2D eigenvalue weighted by atomic mass is 16.5. The third-order valence-electron chi connectivity index (χ3n) is 6.67. The van der Waals surface area contributed by atoms with E-state index in [1.54, 1.807) is 0 Å². The molecule has 0 spiro atoms. The first-order valence-electron chi connectivity index (χ1n) is 12.2. The summed E-state index contributed by atoms with van der Waals surface area (Å²) in [6, 6.07) is 20.1. The molecule has 0 aliphatic carbocycles. The third kappa shape index (κ3) is 6.81. The monoisotopic (exact) mass is 449 g/mol. The number of hydrogen-bond acceptors (Lipinski definition) is 4. The molecule has 0 saturated carbocycles. The quantitative estimate of drug-likeness (QED) is 0.650. The molecule has 2 amide bonds. The molecule has 176 valence electrons. The number of benzene rings is 2. The molecule has 33 heavy (non-hydrogen) atoms. The number of hydrogen-bond donors (Lipinski definition) is 0. The number of carbonyl (C=O) groups excluding carboxylic acids is 2. The van der Waals surface area contributed by atoms with Gasteiger partial charge >= 0.3 is 0 Å². The maximum absolute atomic E-state index is 13.2. The molecule has 0 radical (unpaired) electrons. The van der Waals surface area contributed by atoms with Gasteiger partial charge < -0.3 is 14.5 Å². The van der Waals surface area contributed by atoms with Crippen LogP contribution < -0.4 is 4.74 Å². The molecule has 2 aliphatic rings. The van der Waals surface area contributed by atoms with Gasteiger partial charge in [0.05, 0.1) is 13.0 Å². The number of carbonyl (C=O) groups is 2. The van der Waals surface area contributed by atoms with Crippen molar-refractivity contribution in [2.45, 2.75) is 32.2 Å². The van der Waals surface area contributed by atoms with Crippen molar-refractivity contribution in [3.05, 3.63) is 66.2 Å². The molecular formula is C27H35N3O3. The van der Waals surface area contributed by atoms with E-state index in [0.717, 1.165) is 57.7 Å². The fraction of sp³-hybridized carbons (Fsp3) is 0.481. The van der Waals surface area contributed by atoms with Crippen LogP contribution >= 0.6 is 0 Å². The fourth-order valence-electron chi connectivity index (χ4n) is 4.76. The van der Waals surface area contributed by atoms with Crippen LogP contribution in [-0.4, -0.2) is 72.4 Å². The second-order valence-electron chi connectivity index (χ2n) is 9.01. The Morgan fingerprint density at radius 2 is 1.48 bits per heavy atom. The molecular weight excluding hydrogens is 414 g/mol. The van der Waals surface area contributed by atoms with Crippen LogP contribution in [0, 0.1) is 5.92 Å². The van der Waals surface area contributed by atoms with Gasteiger partial charge in [-0.25, -0.2) is 0 Å². The lowest BCUT2D eigenvalue weighted by molar-refractivity contribution is -0.140. The lowest BCUT2D eigenvalue weighted by Gasteiger charge is -2.34. The Morgan fingerprint density at radius 1 is 0.788 bits per heavy atom. The van der Waals surface area contributed by atoms with Crippen LogP contribution in [-0.2, 0) is 16.1 Å².